The fraction of sp³-hybridized carbons (Fsp3) is 1.00. The summed E-state index contributed by atoms with van der Waals surface area (Å²) >= 11 is 0. The molecule has 1 saturated heterocycles. The normalized spacial score (nSPS) is 37.0. The zero-order valence-corrected chi connectivity index (χ0v) is 10.9. The molecule has 1 rings (SSSR count). The SMILES string of the molecule is CO[C@@H]1O[C@@H](C)[C@@H](N=[N+]=[N-])[C@H](O)[C@H]1OS(C)(=O)=O. The highest BCUT2D eigenvalue weighted by molar-refractivity contribution is 7.86. The van der Waals surface area contributed by atoms with E-state index < -0.39 is 40.8 Å². The number of nitrogens with zero attached hydrogens (tertiary/aromatic N) is 3. The maximum absolute atomic E-state index is 11.1. The van der Waals surface area contributed by atoms with Gasteiger partial charge in [-0.1, -0.05) is 5.11 Å². The Labute approximate surface area is 104 Å². The van der Waals surface area contributed by atoms with Gasteiger partial charge in [-0.05, 0) is 12.5 Å². The molecule has 0 unspecified atom stereocenters. The van der Waals surface area contributed by atoms with Crippen LogP contribution in [-0.4, -0.2) is 57.5 Å². The molecule has 104 valence electrons. The summed E-state index contributed by atoms with van der Waals surface area (Å²) in [6, 6.07) is -0.951. The molecule has 0 saturated carbocycles. The third-order valence-electron chi connectivity index (χ3n) is 2.49. The molecule has 1 heterocycles. The van der Waals surface area contributed by atoms with Gasteiger partial charge in [0.05, 0.1) is 24.5 Å². The molecule has 0 aliphatic carbocycles. The topological polar surface area (TPSA) is 131 Å². The fourth-order valence-electron chi connectivity index (χ4n) is 1.72. The first kappa shape index (κ1) is 15.2. The minimum atomic E-state index is -3.81. The summed E-state index contributed by atoms with van der Waals surface area (Å²) in [5.41, 5.74) is 8.40. The Morgan fingerprint density at radius 3 is 2.56 bits per heavy atom. The molecule has 1 N–H and O–H groups in total. The number of rotatable bonds is 4. The molecule has 0 aromatic rings. The Balaban J connectivity index is 2.99. The van der Waals surface area contributed by atoms with Crippen LogP contribution in [0.2, 0.25) is 0 Å². The summed E-state index contributed by atoms with van der Waals surface area (Å²) in [4.78, 5) is 2.58. The minimum Gasteiger partial charge on any atom is -0.390 e. The molecule has 9 nitrogen and oxygen atoms in total. The zero-order valence-electron chi connectivity index (χ0n) is 10.1. The second kappa shape index (κ2) is 5.83. The lowest BCUT2D eigenvalue weighted by atomic mass is 9.98. The predicted molar refractivity (Wildman–Crippen MR) is 60.0 cm³/mol. The predicted octanol–water partition coefficient (Wildman–Crippen LogP) is -0.238. The summed E-state index contributed by atoms with van der Waals surface area (Å²) in [6.45, 7) is 1.57. The highest BCUT2D eigenvalue weighted by atomic mass is 32.2. The van der Waals surface area contributed by atoms with Gasteiger partial charge in [0, 0.05) is 12.0 Å². The maximum Gasteiger partial charge on any atom is 0.264 e. The van der Waals surface area contributed by atoms with E-state index in [9.17, 15) is 13.5 Å². The van der Waals surface area contributed by atoms with Crippen LogP contribution < -0.4 is 0 Å². The molecular formula is C8H15N3O6S. The second-order valence-electron chi connectivity index (χ2n) is 3.90. The van der Waals surface area contributed by atoms with Crippen molar-refractivity contribution in [1.82, 2.24) is 0 Å². The standard InChI is InChI=1S/C8H15N3O6S/c1-4-5(10-11-9)6(12)7(8(15-2)16-4)17-18(3,13)14/h4-8,12H,1-3H3/t4-,5+,6-,7+,8+/m0/s1. The summed E-state index contributed by atoms with van der Waals surface area (Å²) in [6.07, 6.45) is -3.47. The summed E-state index contributed by atoms with van der Waals surface area (Å²) in [5.74, 6) is 0. The molecule has 5 atom stereocenters. The molecule has 1 aliphatic heterocycles. The van der Waals surface area contributed by atoms with E-state index in [-0.39, 0.29) is 0 Å². The molecule has 0 bridgehead atoms. The van der Waals surface area contributed by atoms with Gasteiger partial charge < -0.3 is 14.6 Å². The van der Waals surface area contributed by atoms with E-state index in [1.165, 1.54) is 7.11 Å². The summed E-state index contributed by atoms with van der Waals surface area (Å²) in [7, 11) is -2.52. The molecule has 0 spiro atoms. The van der Waals surface area contributed by atoms with Crippen LogP contribution in [-0.2, 0) is 23.8 Å². The van der Waals surface area contributed by atoms with Crippen molar-refractivity contribution >= 4 is 10.1 Å². The van der Waals surface area contributed by atoms with Crippen molar-refractivity contribution in [3.63, 3.8) is 0 Å². The van der Waals surface area contributed by atoms with Crippen molar-refractivity contribution in [3.05, 3.63) is 10.4 Å². The molecule has 1 aliphatic rings. The number of ether oxygens (including phenoxy) is 2. The van der Waals surface area contributed by atoms with E-state index in [0.717, 1.165) is 6.26 Å². The van der Waals surface area contributed by atoms with Gasteiger partial charge in [0.1, 0.15) is 0 Å². The number of hydrogen-bond donors (Lipinski definition) is 1. The largest absolute Gasteiger partial charge is 0.390 e. The molecule has 0 aromatic carbocycles. The van der Waals surface area contributed by atoms with Crippen LogP contribution in [0, 0.1) is 0 Å². The van der Waals surface area contributed by atoms with Crippen molar-refractivity contribution in [2.75, 3.05) is 13.4 Å². The van der Waals surface area contributed by atoms with Gasteiger partial charge in [-0.25, -0.2) is 0 Å². The van der Waals surface area contributed by atoms with Crippen molar-refractivity contribution in [1.29, 1.82) is 0 Å². The lowest BCUT2D eigenvalue weighted by Crippen LogP contribution is -2.57. The maximum atomic E-state index is 11.1. The van der Waals surface area contributed by atoms with E-state index in [4.69, 9.17) is 19.2 Å². The summed E-state index contributed by atoms with van der Waals surface area (Å²) in [5, 5.41) is 13.4. The van der Waals surface area contributed by atoms with Crippen LogP contribution >= 0.6 is 0 Å². The highest BCUT2D eigenvalue weighted by Crippen LogP contribution is 2.27. The first-order chi connectivity index (χ1) is 8.30. The molecular weight excluding hydrogens is 266 g/mol. The smallest absolute Gasteiger partial charge is 0.264 e. The highest BCUT2D eigenvalue weighted by Gasteiger charge is 2.45. The van der Waals surface area contributed by atoms with Gasteiger partial charge in [-0.2, -0.15) is 8.42 Å². The second-order valence-corrected chi connectivity index (χ2v) is 5.50. The molecule has 1 fully saturated rings. The monoisotopic (exact) mass is 281 g/mol. The van der Waals surface area contributed by atoms with Gasteiger partial charge in [-0.15, -0.1) is 0 Å². The van der Waals surface area contributed by atoms with E-state index in [1.54, 1.807) is 6.92 Å². The average molecular weight is 281 g/mol. The molecule has 10 heteroatoms. The fourth-order valence-corrected chi connectivity index (χ4v) is 2.33. The van der Waals surface area contributed by atoms with Crippen LogP contribution in [0.25, 0.3) is 10.4 Å². The quantitative estimate of drug-likeness (QED) is 0.327. The molecule has 0 amide bonds. The van der Waals surface area contributed by atoms with Gasteiger partial charge in [-0.3, -0.25) is 4.18 Å². The Morgan fingerprint density at radius 2 is 2.11 bits per heavy atom. The van der Waals surface area contributed by atoms with Crippen molar-refractivity contribution < 1.29 is 27.2 Å². The van der Waals surface area contributed by atoms with Crippen LogP contribution in [0.4, 0.5) is 0 Å². The van der Waals surface area contributed by atoms with Crippen molar-refractivity contribution in [2.45, 2.75) is 37.6 Å². The summed E-state index contributed by atoms with van der Waals surface area (Å²) < 4.78 is 37.1. The first-order valence-corrected chi connectivity index (χ1v) is 6.90. The van der Waals surface area contributed by atoms with Gasteiger partial charge in [0.2, 0.25) is 0 Å². The third kappa shape index (κ3) is 3.55. The Hall–Kier alpha value is -0.900. The van der Waals surface area contributed by atoms with Crippen LogP contribution in [0.3, 0.4) is 0 Å². The average Bonchev–Trinajstić information content (AvgIpc) is 2.26. The third-order valence-corrected chi connectivity index (χ3v) is 3.06. The minimum absolute atomic E-state index is 0.625. The van der Waals surface area contributed by atoms with E-state index in [1.807, 2.05) is 0 Å². The van der Waals surface area contributed by atoms with Crippen molar-refractivity contribution in [3.8, 4) is 0 Å². The van der Waals surface area contributed by atoms with E-state index >= 15 is 0 Å². The number of hydrogen-bond acceptors (Lipinski definition) is 7. The number of methoxy groups -OCH3 is 1. The van der Waals surface area contributed by atoms with Gasteiger partial charge in [0.15, 0.2) is 12.4 Å². The number of aliphatic hydroxyl groups is 1. The lowest BCUT2D eigenvalue weighted by Gasteiger charge is -2.40. The van der Waals surface area contributed by atoms with E-state index in [0.29, 0.717) is 0 Å². The van der Waals surface area contributed by atoms with E-state index in [2.05, 4.69) is 10.0 Å². The Morgan fingerprint density at radius 1 is 1.50 bits per heavy atom. The van der Waals surface area contributed by atoms with Gasteiger partial charge in [0.25, 0.3) is 10.1 Å². The zero-order chi connectivity index (χ0) is 13.9. The first-order valence-electron chi connectivity index (χ1n) is 5.09. The molecule has 18 heavy (non-hydrogen) atoms. The number of aliphatic hydroxyl groups excluding tert-OH is 1. The number of azide groups is 1. The van der Waals surface area contributed by atoms with Gasteiger partial charge >= 0.3 is 0 Å². The van der Waals surface area contributed by atoms with Crippen LogP contribution in [0.5, 0.6) is 0 Å². The van der Waals surface area contributed by atoms with Crippen LogP contribution in [0.1, 0.15) is 6.92 Å². The Kier molecular flexibility index (Phi) is 4.91. The Bertz CT molecular complexity index is 434. The molecule has 0 aromatic heterocycles. The van der Waals surface area contributed by atoms with Crippen LogP contribution in [0.15, 0.2) is 5.11 Å². The lowest BCUT2D eigenvalue weighted by molar-refractivity contribution is -0.252. The van der Waals surface area contributed by atoms with Crippen molar-refractivity contribution in [2.24, 2.45) is 5.11 Å². The molecule has 0 radical (unpaired) electrons.